The Balaban J connectivity index is 1.81. The molecule has 5 aromatic rings. The van der Waals surface area contributed by atoms with Crippen LogP contribution in [0.4, 0.5) is 5.69 Å². The van der Waals surface area contributed by atoms with Gasteiger partial charge in [0, 0.05) is 27.9 Å². The molecule has 0 aliphatic heterocycles. The number of para-hydroxylation sites is 2. The van der Waals surface area contributed by atoms with E-state index in [2.05, 4.69) is 10.1 Å². The van der Waals surface area contributed by atoms with Gasteiger partial charge < -0.3 is 0 Å². The first-order valence-electron chi connectivity index (χ1n) is 9.70. The summed E-state index contributed by atoms with van der Waals surface area (Å²) in [6.45, 7) is 0. The quantitative estimate of drug-likeness (QED) is 0.253. The minimum atomic E-state index is -0.500. The first kappa shape index (κ1) is 20.9. The van der Waals surface area contributed by atoms with Gasteiger partial charge in [-0.3, -0.25) is 19.5 Å². The summed E-state index contributed by atoms with van der Waals surface area (Å²) in [6.07, 6.45) is 1.45. The lowest BCUT2D eigenvalue weighted by atomic mass is 10.2. The van der Waals surface area contributed by atoms with Crippen molar-refractivity contribution in [2.75, 3.05) is 0 Å². The standard InChI is InChI=1S/C23H13Cl2N5O3/c24-15-7-5-14(6-8-15)22-26-21-18(23(31)29(22)17-11-9-16(25)10-12-17)13-28(27-21)19-3-1-2-4-20(19)30(32)33/h1-13H. The number of nitrogens with zero attached hydrogens (tertiary/aromatic N) is 5. The molecule has 3 aromatic carbocycles. The molecule has 8 nitrogen and oxygen atoms in total. The van der Waals surface area contributed by atoms with E-state index in [1.165, 1.54) is 21.5 Å². The average Bonchev–Trinajstić information content (AvgIpc) is 3.25. The second-order valence-electron chi connectivity index (χ2n) is 7.12. The van der Waals surface area contributed by atoms with Gasteiger partial charge in [-0.15, -0.1) is 5.10 Å². The maximum absolute atomic E-state index is 13.6. The fourth-order valence-corrected chi connectivity index (χ4v) is 3.78. The van der Waals surface area contributed by atoms with Crippen LogP contribution in [0, 0.1) is 10.1 Å². The zero-order valence-electron chi connectivity index (χ0n) is 16.7. The van der Waals surface area contributed by atoms with E-state index in [0.29, 0.717) is 27.1 Å². The Morgan fingerprint density at radius 3 is 2.18 bits per heavy atom. The first-order valence-corrected chi connectivity index (χ1v) is 10.5. The van der Waals surface area contributed by atoms with Crippen LogP contribution in [0.25, 0.3) is 33.8 Å². The number of benzene rings is 3. The van der Waals surface area contributed by atoms with Crippen molar-refractivity contribution < 1.29 is 4.92 Å². The van der Waals surface area contributed by atoms with Gasteiger partial charge in [-0.2, -0.15) is 0 Å². The smallest absolute Gasteiger partial charge is 0.268 e. The number of rotatable bonds is 4. The van der Waals surface area contributed by atoms with Crippen LogP contribution in [0.3, 0.4) is 0 Å². The monoisotopic (exact) mass is 477 g/mol. The van der Waals surface area contributed by atoms with Crippen molar-refractivity contribution in [3.8, 4) is 22.8 Å². The average molecular weight is 478 g/mol. The molecular weight excluding hydrogens is 465 g/mol. The molecule has 0 aliphatic rings. The van der Waals surface area contributed by atoms with Gasteiger partial charge in [0.05, 0.1) is 10.6 Å². The van der Waals surface area contributed by atoms with E-state index < -0.39 is 4.92 Å². The Morgan fingerprint density at radius 1 is 0.879 bits per heavy atom. The van der Waals surface area contributed by atoms with Crippen molar-refractivity contribution >= 4 is 39.9 Å². The van der Waals surface area contributed by atoms with Gasteiger partial charge in [0.2, 0.25) is 0 Å². The van der Waals surface area contributed by atoms with E-state index in [0.717, 1.165) is 0 Å². The number of aromatic nitrogens is 4. The van der Waals surface area contributed by atoms with Crippen molar-refractivity contribution in [2.45, 2.75) is 0 Å². The van der Waals surface area contributed by atoms with Gasteiger partial charge >= 0.3 is 0 Å². The normalized spacial score (nSPS) is 11.1. The predicted octanol–water partition coefficient (Wildman–Crippen LogP) is 5.45. The largest absolute Gasteiger partial charge is 0.294 e. The lowest BCUT2D eigenvalue weighted by molar-refractivity contribution is -0.384. The van der Waals surface area contributed by atoms with Crippen LogP contribution in [0.2, 0.25) is 10.0 Å². The van der Waals surface area contributed by atoms with E-state index >= 15 is 0 Å². The van der Waals surface area contributed by atoms with E-state index in [1.807, 2.05) is 0 Å². The highest BCUT2D eigenvalue weighted by Crippen LogP contribution is 2.26. The molecule has 0 bridgehead atoms. The third-order valence-corrected chi connectivity index (χ3v) is 5.57. The zero-order chi connectivity index (χ0) is 23.1. The summed E-state index contributed by atoms with van der Waals surface area (Å²) in [5, 5.41) is 17.1. The molecule has 0 N–H and O–H groups in total. The molecule has 33 heavy (non-hydrogen) atoms. The number of hydrogen-bond donors (Lipinski definition) is 0. The molecule has 2 aromatic heterocycles. The molecule has 0 saturated heterocycles. The molecule has 0 saturated carbocycles. The number of fused-ring (bicyclic) bond motifs is 1. The van der Waals surface area contributed by atoms with Crippen LogP contribution < -0.4 is 5.56 Å². The van der Waals surface area contributed by atoms with Crippen molar-refractivity contribution in [1.29, 1.82) is 0 Å². The Hall–Kier alpha value is -4.01. The number of nitro groups is 1. The molecule has 0 atom stereocenters. The molecule has 162 valence electrons. The Morgan fingerprint density at radius 2 is 1.52 bits per heavy atom. The predicted molar refractivity (Wildman–Crippen MR) is 127 cm³/mol. The number of hydrogen-bond acceptors (Lipinski definition) is 5. The highest BCUT2D eigenvalue weighted by Gasteiger charge is 2.20. The second-order valence-corrected chi connectivity index (χ2v) is 7.99. The molecule has 0 radical (unpaired) electrons. The molecule has 5 rings (SSSR count). The van der Waals surface area contributed by atoms with Gasteiger partial charge in [0.15, 0.2) is 5.65 Å². The van der Waals surface area contributed by atoms with E-state index in [4.69, 9.17) is 23.2 Å². The maximum Gasteiger partial charge on any atom is 0.294 e. The third kappa shape index (κ3) is 3.75. The van der Waals surface area contributed by atoms with Crippen molar-refractivity contribution in [3.05, 3.63) is 110 Å². The van der Waals surface area contributed by atoms with Gasteiger partial charge in [-0.05, 0) is 54.6 Å². The minimum absolute atomic E-state index is 0.138. The highest BCUT2D eigenvalue weighted by molar-refractivity contribution is 6.30. The molecule has 0 aliphatic carbocycles. The van der Waals surface area contributed by atoms with E-state index in [1.54, 1.807) is 66.7 Å². The van der Waals surface area contributed by atoms with Gasteiger partial charge in [-0.25, -0.2) is 9.67 Å². The lowest BCUT2D eigenvalue weighted by Gasteiger charge is -2.12. The molecular formula is C23H13Cl2N5O3. The van der Waals surface area contributed by atoms with Crippen LogP contribution in [0.1, 0.15) is 0 Å². The fraction of sp³-hybridized carbons (Fsp3) is 0. The Kier molecular flexibility index (Phi) is 5.16. The summed E-state index contributed by atoms with van der Waals surface area (Å²) >= 11 is 12.1. The summed E-state index contributed by atoms with van der Waals surface area (Å²) in [5.74, 6) is 0.347. The fourth-order valence-electron chi connectivity index (χ4n) is 3.52. The van der Waals surface area contributed by atoms with Crippen LogP contribution in [-0.4, -0.2) is 24.3 Å². The molecule has 0 fully saturated rings. The number of nitro benzene ring substituents is 1. The topological polar surface area (TPSA) is 95.8 Å². The molecule has 0 unspecified atom stereocenters. The van der Waals surface area contributed by atoms with E-state index in [9.17, 15) is 14.9 Å². The molecule has 2 heterocycles. The third-order valence-electron chi connectivity index (χ3n) is 5.06. The van der Waals surface area contributed by atoms with Gasteiger partial charge in [0.1, 0.15) is 16.9 Å². The van der Waals surface area contributed by atoms with Crippen LogP contribution in [-0.2, 0) is 0 Å². The van der Waals surface area contributed by atoms with Gasteiger partial charge in [0.25, 0.3) is 11.2 Å². The highest BCUT2D eigenvalue weighted by atomic mass is 35.5. The van der Waals surface area contributed by atoms with Crippen LogP contribution in [0.15, 0.2) is 83.8 Å². The summed E-state index contributed by atoms with van der Waals surface area (Å²) < 4.78 is 2.75. The first-order chi connectivity index (χ1) is 15.9. The zero-order valence-corrected chi connectivity index (χ0v) is 18.2. The second kappa shape index (κ2) is 8.16. The summed E-state index contributed by atoms with van der Waals surface area (Å²) in [5.41, 5.74) is 1.08. The van der Waals surface area contributed by atoms with Crippen molar-refractivity contribution in [3.63, 3.8) is 0 Å². The molecule has 0 spiro atoms. The van der Waals surface area contributed by atoms with Crippen LogP contribution >= 0.6 is 23.2 Å². The van der Waals surface area contributed by atoms with Crippen molar-refractivity contribution in [1.82, 2.24) is 19.3 Å². The minimum Gasteiger partial charge on any atom is -0.268 e. The summed E-state index contributed by atoms with van der Waals surface area (Å²) in [6, 6.07) is 19.8. The summed E-state index contributed by atoms with van der Waals surface area (Å²) in [4.78, 5) is 29.2. The lowest BCUT2D eigenvalue weighted by Crippen LogP contribution is -2.21. The van der Waals surface area contributed by atoms with Crippen LogP contribution in [0.5, 0.6) is 0 Å². The number of halogens is 2. The Labute approximate surface area is 196 Å². The van der Waals surface area contributed by atoms with E-state index in [-0.39, 0.29) is 28.0 Å². The van der Waals surface area contributed by atoms with Crippen molar-refractivity contribution in [2.24, 2.45) is 0 Å². The SMILES string of the molecule is O=c1c2cn(-c3ccccc3[N+](=O)[O-])nc2nc(-c2ccc(Cl)cc2)n1-c1ccc(Cl)cc1. The maximum atomic E-state index is 13.6. The molecule has 10 heteroatoms. The summed E-state index contributed by atoms with van der Waals surface area (Å²) in [7, 11) is 0. The van der Waals surface area contributed by atoms with Gasteiger partial charge in [-0.1, -0.05) is 35.3 Å². The Bertz CT molecular complexity index is 1580. The molecule has 0 amide bonds.